The predicted molar refractivity (Wildman–Crippen MR) is 63.8 cm³/mol. The van der Waals surface area contributed by atoms with Crippen LogP contribution in [0.15, 0.2) is 18.2 Å². The van der Waals surface area contributed by atoms with Crippen LogP contribution in [0.5, 0.6) is 0 Å². The second-order valence-corrected chi connectivity index (χ2v) is 5.22. The summed E-state index contributed by atoms with van der Waals surface area (Å²) in [7, 11) is 0. The quantitative estimate of drug-likeness (QED) is 0.796. The lowest BCUT2D eigenvalue weighted by Gasteiger charge is -2.45. The van der Waals surface area contributed by atoms with Gasteiger partial charge in [-0.2, -0.15) is 0 Å². The fourth-order valence-electron chi connectivity index (χ4n) is 2.25. The van der Waals surface area contributed by atoms with Crippen LogP contribution in [-0.2, 0) is 6.54 Å². The van der Waals surface area contributed by atoms with E-state index in [0.717, 1.165) is 19.6 Å². The second kappa shape index (κ2) is 3.62. The van der Waals surface area contributed by atoms with Crippen molar-refractivity contribution < 1.29 is 0 Å². The SMILES string of the molecule is Cc1ccc(CN2CC(C)(N)C2)cc1C. The number of nitrogens with zero attached hydrogens (tertiary/aromatic N) is 1. The Balaban J connectivity index is 1.98. The van der Waals surface area contributed by atoms with Crippen molar-refractivity contribution in [2.24, 2.45) is 5.73 Å². The van der Waals surface area contributed by atoms with Crippen LogP contribution in [0, 0.1) is 13.8 Å². The molecule has 0 aliphatic carbocycles. The molecule has 1 aliphatic heterocycles. The van der Waals surface area contributed by atoms with Gasteiger partial charge in [-0.15, -0.1) is 0 Å². The molecule has 1 aromatic carbocycles. The van der Waals surface area contributed by atoms with Crippen molar-refractivity contribution in [2.45, 2.75) is 32.9 Å². The predicted octanol–water partition coefficient (Wildman–Crippen LogP) is 1.84. The Bertz CT molecular complexity index is 361. The number of nitrogens with two attached hydrogens (primary N) is 1. The van der Waals surface area contributed by atoms with E-state index in [1.54, 1.807) is 0 Å². The standard InChI is InChI=1S/C13H20N2/c1-10-4-5-12(6-11(10)2)7-15-8-13(3,14)9-15/h4-6H,7-9,14H2,1-3H3. The summed E-state index contributed by atoms with van der Waals surface area (Å²) in [6, 6.07) is 6.70. The monoisotopic (exact) mass is 204 g/mol. The molecular weight excluding hydrogens is 184 g/mol. The van der Waals surface area contributed by atoms with Crippen molar-refractivity contribution in [1.29, 1.82) is 0 Å². The Hall–Kier alpha value is -0.860. The molecule has 0 aromatic heterocycles. The molecule has 0 unspecified atom stereocenters. The van der Waals surface area contributed by atoms with Gasteiger partial charge in [-0.05, 0) is 37.5 Å². The highest BCUT2D eigenvalue weighted by molar-refractivity contribution is 5.30. The molecule has 2 heteroatoms. The van der Waals surface area contributed by atoms with E-state index in [1.807, 2.05) is 0 Å². The Morgan fingerprint density at radius 3 is 2.47 bits per heavy atom. The summed E-state index contributed by atoms with van der Waals surface area (Å²) in [5, 5.41) is 0. The Morgan fingerprint density at radius 1 is 1.27 bits per heavy atom. The van der Waals surface area contributed by atoms with Gasteiger partial charge in [-0.25, -0.2) is 0 Å². The number of hydrogen-bond acceptors (Lipinski definition) is 2. The summed E-state index contributed by atoms with van der Waals surface area (Å²) < 4.78 is 0. The number of aryl methyl sites for hydroxylation is 2. The van der Waals surface area contributed by atoms with Gasteiger partial charge < -0.3 is 5.73 Å². The smallest absolute Gasteiger partial charge is 0.0384 e. The first-order valence-electron chi connectivity index (χ1n) is 5.54. The van der Waals surface area contributed by atoms with Gasteiger partial charge >= 0.3 is 0 Å². The molecule has 2 rings (SSSR count). The highest BCUT2D eigenvalue weighted by Gasteiger charge is 2.34. The van der Waals surface area contributed by atoms with Gasteiger partial charge in [0.2, 0.25) is 0 Å². The van der Waals surface area contributed by atoms with Gasteiger partial charge in [0, 0.05) is 25.2 Å². The van der Waals surface area contributed by atoms with Gasteiger partial charge in [0.25, 0.3) is 0 Å². The molecule has 0 amide bonds. The fourth-order valence-corrected chi connectivity index (χ4v) is 2.25. The summed E-state index contributed by atoms with van der Waals surface area (Å²) in [5.41, 5.74) is 10.2. The average molecular weight is 204 g/mol. The molecular formula is C13H20N2. The summed E-state index contributed by atoms with van der Waals surface area (Å²) in [4.78, 5) is 2.39. The Kier molecular flexibility index (Phi) is 2.57. The minimum atomic E-state index is 0.0414. The zero-order chi connectivity index (χ0) is 11.1. The van der Waals surface area contributed by atoms with E-state index in [4.69, 9.17) is 5.73 Å². The van der Waals surface area contributed by atoms with E-state index < -0.39 is 0 Å². The molecule has 0 bridgehead atoms. The van der Waals surface area contributed by atoms with Crippen LogP contribution in [0.4, 0.5) is 0 Å². The van der Waals surface area contributed by atoms with Crippen LogP contribution < -0.4 is 5.73 Å². The summed E-state index contributed by atoms with van der Waals surface area (Å²) >= 11 is 0. The third kappa shape index (κ3) is 2.39. The van der Waals surface area contributed by atoms with Crippen molar-refractivity contribution in [3.05, 3.63) is 34.9 Å². The zero-order valence-corrected chi connectivity index (χ0v) is 9.88. The lowest BCUT2D eigenvalue weighted by atomic mass is 9.93. The molecule has 1 heterocycles. The van der Waals surface area contributed by atoms with Crippen LogP contribution in [0.25, 0.3) is 0 Å². The fraction of sp³-hybridized carbons (Fsp3) is 0.538. The molecule has 0 spiro atoms. The van der Waals surface area contributed by atoms with Crippen molar-refractivity contribution >= 4 is 0 Å². The second-order valence-electron chi connectivity index (χ2n) is 5.22. The molecule has 1 aliphatic rings. The lowest BCUT2D eigenvalue weighted by molar-refractivity contribution is 0.0764. The largest absolute Gasteiger partial charge is 0.323 e. The van der Waals surface area contributed by atoms with Crippen LogP contribution in [0.1, 0.15) is 23.6 Å². The summed E-state index contributed by atoms with van der Waals surface area (Å²) in [6.45, 7) is 9.50. The maximum Gasteiger partial charge on any atom is 0.0384 e. The molecule has 1 fully saturated rings. The highest BCUT2D eigenvalue weighted by Crippen LogP contribution is 2.20. The number of likely N-dealkylation sites (tertiary alicyclic amines) is 1. The minimum absolute atomic E-state index is 0.0414. The highest BCUT2D eigenvalue weighted by atomic mass is 15.2. The van der Waals surface area contributed by atoms with Gasteiger partial charge in [0.15, 0.2) is 0 Å². The molecule has 2 N–H and O–H groups in total. The van der Waals surface area contributed by atoms with Crippen LogP contribution >= 0.6 is 0 Å². The summed E-state index contributed by atoms with van der Waals surface area (Å²) in [6.07, 6.45) is 0. The zero-order valence-electron chi connectivity index (χ0n) is 9.88. The average Bonchev–Trinajstić information content (AvgIpc) is 2.08. The van der Waals surface area contributed by atoms with E-state index in [9.17, 15) is 0 Å². The first kappa shape index (κ1) is 10.7. The van der Waals surface area contributed by atoms with Crippen LogP contribution in [-0.4, -0.2) is 23.5 Å². The molecule has 0 atom stereocenters. The normalized spacial score (nSPS) is 20.0. The Morgan fingerprint density at radius 2 is 1.93 bits per heavy atom. The number of hydrogen-bond donors (Lipinski definition) is 1. The van der Waals surface area contributed by atoms with E-state index in [1.165, 1.54) is 16.7 Å². The Labute approximate surface area is 92.1 Å². The topological polar surface area (TPSA) is 29.3 Å². The molecule has 1 saturated heterocycles. The van der Waals surface area contributed by atoms with Crippen molar-refractivity contribution in [2.75, 3.05) is 13.1 Å². The maximum absolute atomic E-state index is 5.98. The van der Waals surface area contributed by atoms with E-state index in [0.29, 0.717) is 0 Å². The van der Waals surface area contributed by atoms with Gasteiger partial charge in [-0.3, -0.25) is 4.90 Å². The van der Waals surface area contributed by atoms with Crippen LogP contribution in [0.3, 0.4) is 0 Å². The van der Waals surface area contributed by atoms with Gasteiger partial charge in [0.05, 0.1) is 0 Å². The molecule has 82 valence electrons. The first-order valence-corrected chi connectivity index (χ1v) is 5.54. The molecule has 0 saturated carbocycles. The van der Waals surface area contributed by atoms with Crippen molar-refractivity contribution in [3.63, 3.8) is 0 Å². The summed E-state index contributed by atoms with van der Waals surface area (Å²) in [5.74, 6) is 0. The minimum Gasteiger partial charge on any atom is -0.323 e. The van der Waals surface area contributed by atoms with E-state index >= 15 is 0 Å². The molecule has 2 nitrogen and oxygen atoms in total. The maximum atomic E-state index is 5.98. The van der Waals surface area contributed by atoms with Gasteiger partial charge in [-0.1, -0.05) is 18.2 Å². The molecule has 1 aromatic rings. The molecule has 0 radical (unpaired) electrons. The first-order chi connectivity index (χ1) is 6.96. The third-order valence-electron chi connectivity index (χ3n) is 3.15. The van der Waals surface area contributed by atoms with Crippen molar-refractivity contribution in [1.82, 2.24) is 4.90 Å². The van der Waals surface area contributed by atoms with Gasteiger partial charge in [0.1, 0.15) is 0 Å². The number of rotatable bonds is 2. The van der Waals surface area contributed by atoms with E-state index in [-0.39, 0.29) is 5.54 Å². The number of benzene rings is 1. The molecule has 15 heavy (non-hydrogen) atoms. The lowest BCUT2D eigenvalue weighted by Crippen LogP contribution is -2.64. The van der Waals surface area contributed by atoms with Crippen molar-refractivity contribution in [3.8, 4) is 0 Å². The van der Waals surface area contributed by atoms with E-state index in [2.05, 4.69) is 43.9 Å². The third-order valence-corrected chi connectivity index (χ3v) is 3.15. The van der Waals surface area contributed by atoms with Crippen LogP contribution in [0.2, 0.25) is 0 Å².